The number of nitro benzene ring substituents is 1. The average Bonchev–Trinajstić information content (AvgIpc) is 2.38. The molecule has 0 saturated carbocycles. The van der Waals surface area contributed by atoms with Gasteiger partial charge in [-0.25, -0.2) is 9.37 Å². The van der Waals surface area contributed by atoms with Crippen LogP contribution in [0.3, 0.4) is 0 Å². The van der Waals surface area contributed by atoms with Crippen molar-refractivity contribution in [3.05, 3.63) is 58.0 Å². The average molecular weight is 278 g/mol. The summed E-state index contributed by atoms with van der Waals surface area (Å²) in [6.07, 6.45) is 0.658. The summed E-state index contributed by atoms with van der Waals surface area (Å²) in [5.41, 5.74) is 0.171. The number of aliphatic hydroxyl groups excluding tert-OH is 1. The summed E-state index contributed by atoms with van der Waals surface area (Å²) in [5.74, 6) is -0.861. The van der Waals surface area contributed by atoms with E-state index in [1.807, 2.05) is 0 Å². The molecule has 104 valence electrons. The smallest absolute Gasteiger partial charge is 0.311 e. The molecule has 1 aromatic carbocycles. The highest BCUT2D eigenvalue weighted by molar-refractivity contribution is 5.48. The van der Waals surface area contributed by atoms with Crippen LogP contribution in [0, 0.1) is 15.9 Å². The third kappa shape index (κ3) is 3.07. The van der Waals surface area contributed by atoms with E-state index < -0.39 is 16.8 Å². The Hall–Kier alpha value is -2.54. The van der Waals surface area contributed by atoms with Crippen LogP contribution in [0.5, 0.6) is 11.6 Å². The van der Waals surface area contributed by atoms with Crippen molar-refractivity contribution in [2.45, 2.75) is 13.0 Å². The van der Waals surface area contributed by atoms with Gasteiger partial charge in [0, 0.05) is 24.4 Å². The fourth-order valence-electron chi connectivity index (χ4n) is 1.57. The van der Waals surface area contributed by atoms with Crippen molar-refractivity contribution in [1.82, 2.24) is 4.98 Å². The van der Waals surface area contributed by atoms with Crippen LogP contribution in [0.25, 0.3) is 0 Å². The molecule has 0 saturated heterocycles. The second kappa shape index (κ2) is 5.62. The zero-order chi connectivity index (χ0) is 14.7. The predicted octanol–water partition coefficient (Wildman–Crippen LogP) is 2.97. The predicted molar refractivity (Wildman–Crippen MR) is 68.0 cm³/mol. The molecule has 2 aromatic rings. The monoisotopic (exact) mass is 278 g/mol. The van der Waals surface area contributed by atoms with E-state index in [1.54, 1.807) is 13.0 Å². The van der Waals surface area contributed by atoms with E-state index in [4.69, 9.17) is 4.74 Å². The molecular weight excluding hydrogens is 267 g/mol. The van der Waals surface area contributed by atoms with Gasteiger partial charge in [0.05, 0.1) is 11.0 Å². The first-order valence-corrected chi connectivity index (χ1v) is 5.73. The summed E-state index contributed by atoms with van der Waals surface area (Å²) < 4.78 is 18.4. The van der Waals surface area contributed by atoms with Gasteiger partial charge in [-0.3, -0.25) is 10.1 Å². The molecule has 0 bridgehead atoms. The van der Waals surface area contributed by atoms with E-state index in [0.29, 0.717) is 5.56 Å². The molecule has 1 aromatic heterocycles. The molecule has 0 spiro atoms. The maximum atomic E-state index is 13.2. The lowest BCUT2D eigenvalue weighted by Crippen LogP contribution is -1.97. The number of aromatic nitrogens is 1. The van der Waals surface area contributed by atoms with Gasteiger partial charge in [-0.2, -0.15) is 0 Å². The van der Waals surface area contributed by atoms with E-state index >= 15 is 0 Å². The van der Waals surface area contributed by atoms with Gasteiger partial charge in [0.2, 0.25) is 11.6 Å². The summed E-state index contributed by atoms with van der Waals surface area (Å²) in [6.45, 7) is 1.56. The Labute approximate surface area is 113 Å². The molecule has 0 radical (unpaired) electrons. The van der Waals surface area contributed by atoms with Gasteiger partial charge in [-0.15, -0.1) is 0 Å². The van der Waals surface area contributed by atoms with E-state index in [1.165, 1.54) is 12.3 Å². The van der Waals surface area contributed by atoms with Crippen LogP contribution in [0.4, 0.5) is 10.1 Å². The fraction of sp³-hybridized carbons (Fsp3) is 0.154. The number of nitro groups is 1. The first kappa shape index (κ1) is 13.9. The topological polar surface area (TPSA) is 85.5 Å². The molecule has 0 amide bonds. The number of benzene rings is 1. The summed E-state index contributed by atoms with van der Waals surface area (Å²) in [5, 5.41) is 20.3. The van der Waals surface area contributed by atoms with Crippen molar-refractivity contribution in [3.8, 4) is 11.6 Å². The van der Waals surface area contributed by atoms with E-state index in [-0.39, 0.29) is 17.3 Å². The number of hydrogen-bond donors (Lipinski definition) is 1. The second-order valence-electron chi connectivity index (χ2n) is 4.07. The summed E-state index contributed by atoms with van der Waals surface area (Å²) >= 11 is 0. The number of halogens is 1. The number of aliphatic hydroxyl groups is 1. The minimum Gasteiger partial charge on any atom is -0.432 e. The first-order valence-electron chi connectivity index (χ1n) is 5.73. The molecule has 2 rings (SSSR count). The Bertz CT molecular complexity index is 646. The summed E-state index contributed by atoms with van der Waals surface area (Å²) in [4.78, 5) is 14.0. The van der Waals surface area contributed by atoms with Crippen LogP contribution in [0.2, 0.25) is 0 Å². The largest absolute Gasteiger partial charge is 0.432 e. The maximum absolute atomic E-state index is 13.2. The van der Waals surface area contributed by atoms with Crippen molar-refractivity contribution in [1.29, 1.82) is 0 Å². The van der Waals surface area contributed by atoms with Gasteiger partial charge in [-0.1, -0.05) is 0 Å². The van der Waals surface area contributed by atoms with Gasteiger partial charge in [0.1, 0.15) is 5.82 Å². The Balaban J connectivity index is 2.36. The van der Waals surface area contributed by atoms with Gasteiger partial charge in [0.25, 0.3) is 0 Å². The minimum atomic E-state index is -0.733. The maximum Gasteiger partial charge on any atom is 0.311 e. The van der Waals surface area contributed by atoms with Crippen LogP contribution < -0.4 is 4.74 Å². The Morgan fingerprint density at radius 1 is 1.40 bits per heavy atom. The molecule has 20 heavy (non-hydrogen) atoms. The third-order valence-corrected chi connectivity index (χ3v) is 2.57. The zero-order valence-corrected chi connectivity index (χ0v) is 10.5. The molecular formula is C13H11FN2O4. The van der Waals surface area contributed by atoms with Crippen molar-refractivity contribution >= 4 is 5.69 Å². The molecule has 6 nitrogen and oxygen atoms in total. The van der Waals surface area contributed by atoms with Gasteiger partial charge in [0.15, 0.2) is 0 Å². The molecule has 0 fully saturated rings. The normalized spacial score (nSPS) is 11.9. The van der Waals surface area contributed by atoms with Crippen LogP contribution in [-0.2, 0) is 0 Å². The fourth-order valence-corrected chi connectivity index (χ4v) is 1.57. The lowest BCUT2D eigenvalue weighted by Gasteiger charge is -2.08. The van der Waals surface area contributed by atoms with Crippen molar-refractivity contribution in [2.24, 2.45) is 0 Å². The molecule has 1 heterocycles. The Kier molecular flexibility index (Phi) is 3.90. The number of ether oxygens (including phenoxy) is 1. The zero-order valence-electron chi connectivity index (χ0n) is 10.5. The quantitative estimate of drug-likeness (QED) is 0.686. The molecule has 0 aliphatic heterocycles. The summed E-state index contributed by atoms with van der Waals surface area (Å²) in [7, 11) is 0. The first-order chi connectivity index (χ1) is 9.47. The van der Waals surface area contributed by atoms with E-state index in [0.717, 1.165) is 18.2 Å². The third-order valence-electron chi connectivity index (χ3n) is 2.57. The van der Waals surface area contributed by atoms with Gasteiger partial charge >= 0.3 is 5.69 Å². The van der Waals surface area contributed by atoms with Gasteiger partial charge in [-0.05, 0) is 24.6 Å². The number of rotatable bonds is 4. The second-order valence-corrected chi connectivity index (χ2v) is 4.07. The van der Waals surface area contributed by atoms with Crippen molar-refractivity contribution in [2.75, 3.05) is 0 Å². The lowest BCUT2D eigenvalue weighted by molar-refractivity contribution is -0.385. The molecule has 0 aliphatic rings. The van der Waals surface area contributed by atoms with Crippen LogP contribution in [-0.4, -0.2) is 15.0 Å². The summed E-state index contributed by atoms with van der Waals surface area (Å²) in [6, 6.07) is 5.92. The Morgan fingerprint density at radius 2 is 2.15 bits per heavy atom. The molecule has 0 unspecified atom stereocenters. The highest BCUT2D eigenvalue weighted by Gasteiger charge is 2.17. The molecule has 0 aliphatic carbocycles. The van der Waals surface area contributed by atoms with E-state index in [2.05, 4.69) is 4.98 Å². The van der Waals surface area contributed by atoms with Crippen LogP contribution in [0.1, 0.15) is 18.6 Å². The van der Waals surface area contributed by atoms with Crippen molar-refractivity contribution in [3.63, 3.8) is 0 Å². The highest BCUT2D eigenvalue weighted by atomic mass is 19.1. The van der Waals surface area contributed by atoms with E-state index in [9.17, 15) is 19.6 Å². The minimum absolute atomic E-state index is 0.0390. The van der Waals surface area contributed by atoms with Crippen LogP contribution in [0.15, 0.2) is 36.5 Å². The number of nitrogens with zero attached hydrogens (tertiary/aromatic N) is 2. The van der Waals surface area contributed by atoms with Crippen LogP contribution >= 0.6 is 0 Å². The molecule has 7 heteroatoms. The van der Waals surface area contributed by atoms with Crippen molar-refractivity contribution < 1.29 is 19.2 Å². The number of hydrogen-bond acceptors (Lipinski definition) is 5. The highest BCUT2D eigenvalue weighted by Crippen LogP contribution is 2.31. The molecule has 1 atom stereocenters. The standard InChI is InChI=1S/C13H11FN2O4/c1-8(17)9-4-5-15-13(6-9)20-12-7-10(14)2-3-11(12)16(18)19/h2-8,17H,1H3/t8-/m1/s1. The SMILES string of the molecule is C[C@@H](O)c1ccnc(Oc2cc(F)ccc2[N+](=O)[O-])c1. The molecule has 1 N–H and O–H groups in total. The Morgan fingerprint density at radius 3 is 2.80 bits per heavy atom. The van der Waals surface area contributed by atoms with Gasteiger partial charge < -0.3 is 9.84 Å². The number of pyridine rings is 1. The lowest BCUT2D eigenvalue weighted by atomic mass is 10.2.